The minimum atomic E-state index is -0.713. The molecule has 0 amide bonds. The average molecular weight is 248 g/mol. The fourth-order valence-corrected chi connectivity index (χ4v) is 2.29. The third-order valence-corrected chi connectivity index (χ3v) is 3.15. The molecule has 0 spiro atoms. The van der Waals surface area contributed by atoms with E-state index in [-0.39, 0.29) is 0 Å². The number of nitrogens with zero attached hydrogens (tertiary/aromatic N) is 1. The van der Waals surface area contributed by atoms with E-state index in [2.05, 4.69) is 6.07 Å². The molecule has 3 heteroatoms. The fraction of sp³-hybridized carbons (Fsp3) is 0.0625. The molecular formula is C16H12N2O. The normalized spacial score (nSPS) is 17.4. The van der Waals surface area contributed by atoms with Crippen molar-refractivity contribution in [3.8, 4) is 11.8 Å². The van der Waals surface area contributed by atoms with Crippen molar-refractivity contribution in [2.75, 3.05) is 0 Å². The number of ether oxygens (including phenoxy) is 1. The summed E-state index contributed by atoms with van der Waals surface area (Å²) in [6, 6.07) is 19.6. The Morgan fingerprint density at radius 1 is 1.00 bits per heavy atom. The Morgan fingerprint density at radius 2 is 1.68 bits per heavy atom. The number of rotatable bonds is 1. The van der Waals surface area contributed by atoms with E-state index in [1.54, 1.807) is 0 Å². The van der Waals surface area contributed by atoms with Gasteiger partial charge in [-0.15, -0.1) is 0 Å². The van der Waals surface area contributed by atoms with Gasteiger partial charge in [0.2, 0.25) is 0 Å². The topological polar surface area (TPSA) is 59.0 Å². The Kier molecular flexibility index (Phi) is 2.79. The number of hydrogen-bond donors (Lipinski definition) is 1. The van der Waals surface area contributed by atoms with Crippen LogP contribution in [-0.2, 0) is 0 Å². The van der Waals surface area contributed by atoms with Crippen LogP contribution in [0.5, 0.6) is 5.75 Å². The van der Waals surface area contributed by atoms with Crippen molar-refractivity contribution in [3.05, 3.63) is 71.3 Å². The van der Waals surface area contributed by atoms with Crippen molar-refractivity contribution in [2.24, 2.45) is 5.73 Å². The van der Waals surface area contributed by atoms with Gasteiger partial charge in [-0.3, -0.25) is 5.73 Å². The number of fused-ring (bicyclic) bond motifs is 1. The first-order valence-electron chi connectivity index (χ1n) is 6.02. The summed E-state index contributed by atoms with van der Waals surface area (Å²) in [6.45, 7) is 0. The number of hydrogen-bond acceptors (Lipinski definition) is 3. The van der Waals surface area contributed by atoms with Crippen LogP contribution < -0.4 is 10.5 Å². The second-order valence-corrected chi connectivity index (χ2v) is 4.30. The van der Waals surface area contributed by atoms with Gasteiger partial charge in [0, 0.05) is 11.1 Å². The van der Waals surface area contributed by atoms with Crippen molar-refractivity contribution in [3.63, 3.8) is 0 Å². The van der Waals surface area contributed by atoms with Crippen LogP contribution in [-0.4, -0.2) is 6.23 Å². The third kappa shape index (κ3) is 1.88. The largest absolute Gasteiger partial charge is 0.470 e. The smallest absolute Gasteiger partial charge is 0.184 e. The molecule has 0 fully saturated rings. The van der Waals surface area contributed by atoms with E-state index in [0.717, 1.165) is 16.7 Å². The van der Waals surface area contributed by atoms with Gasteiger partial charge in [0.15, 0.2) is 6.23 Å². The molecule has 1 aliphatic rings. The maximum absolute atomic E-state index is 9.35. The zero-order valence-electron chi connectivity index (χ0n) is 10.2. The average Bonchev–Trinajstić information content (AvgIpc) is 2.46. The van der Waals surface area contributed by atoms with Gasteiger partial charge in [-0.2, -0.15) is 5.26 Å². The molecule has 0 radical (unpaired) electrons. The van der Waals surface area contributed by atoms with Gasteiger partial charge in [0.25, 0.3) is 0 Å². The highest BCUT2D eigenvalue weighted by molar-refractivity contribution is 5.88. The highest BCUT2D eigenvalue weighted by Crippen LogP contribution is 2.38. The van der Waals surface area contributed by atoms with Crippen LogP contribution in [0.15, 0.2) is 60.2 Å². The van der Waals surface area contributed by atoms with E-state index < -0.39 is 6.23 Å². The molecule has 3 nitrogen and oxygen atoms in total. The summed E-state index contributed by atoms with van der Waals surface area (Å²) < 4.78 is 5.58. The van der Waals surface area contributed by atoms with Crippen LogP contribution in [0.4, 0.5) is 0 Å². The zero-order chi connectivity index (χ0) is 13.2. The SMILES string of the molecule is N#CC1=C(c2ccccc2)c2ccccc2OC1N. The Hall–Kier alpha value is -2.57. The van der Waals surface area contributed by atoms with E-state index in [1.807, 2.05) is 54.6 Å². The van der Waals surface area contributed by atoms with Crippen LogP contribution in [0.25, 0.3) is 5.57 Å². The quantitative estimate of drug-likeness (QED) is 0.844. The maximum Gasteiger partial charge on any atom is 0.184 e. The molecule has 0 aromatic heterocycles. The van der Waals surface area contributed by atoms with Gasteiger partial charge in [-0.1, -0.05) is 48.5 Å². The maximum atomic E-state index is 9.35. The molecule has 2 aromatic rings. The molecule has 2 aromatic carbocycles. The molecule has 3 rings (SSSR count). The molecule has 0 saturated heterocycles. The first-order chi connectivity index (χ1) is 9.31. The van der Waals surface area contributed by atoms with E-state index in [1.165, 1.54) is 0 Å². The summed E-state index contributed by atoms with van der Waals surface area (Å²) in [5.41, 5.74) is 9.14. The standard InChI is InChI=1S/C16H12N2O/c17-10-13-15(11-6-2-1-3-7-11)12-8-4-5-9-14(12)19-16(13)18/h1-9,16H,18H2. The summed E-state index contributed by atoms with van der Waals surface area (Å²) in [6.07, 6.45) is -0.713. The Labute approximate surface area is 111 Å². The second-order valence-electron chi connectivity index (χ2n) is 4.30. The minimum absolute atomic E-state index is 0.463. The number of nitrogens with two attached hydrogens (primary N) is 1. The lowest BCUT2D eigenvalue weighted by molar-refractivity contribution is 0.245. The lowest BCUT2D eigenvalue weighted by Gasteiger charge is -2.25. The second kappa shape index (κ2) is 4.60. The molecule has 0 saturated carbocycles. The van der Waals surface area contributed by atoms with Crippen LogP contribution in [0, 0.1) is 11.3 Å². The molecule has 1 atom stereocenters. The molecule has 1 heterocycles. The van der Waals surface area contributed by atoms with Crippen molar-refractivity contribution in [1.82, 2.24) is 0 Å². The molecule has 2 N–H and O–H groups in total. The van der Waals surface area contributed by atoms with Crippen LogP contribution in [0.2, 0.25) is 0 Å². The number of para-hydroxylation sites is 1. The Balaban J connectivity index is 2.30. The Bertz CT molecular complexity index is 683. The first-order valence-corrected chi connectivity index (χ1v) is 6.02. The van der Waals surface area contributed by atoms with Gasteiger partial charge in [-0.25, -0.2) is 0 Å². The number of benzene rings is 2. The fourth-order valence-electron chi connectivity index (χ4n) is 2.29. The van der Waals surface area contributed by atoms with E-state index in [4.69, 9.17) is 10.5 Å². The monoisotopic (exact) mass is 248 g/mol. The van der Waals surface area contributed by atoms with E-state index in [0.29, 0.717) is 11.3 Å². The molecule has 19 heavy (non-hydrogen) atoms. The molecule has 0 bridgehead atoms. The summed E-state index contributed by atoms with van der Waals surface area (Å²) in [4.78, 5) is 0. The van der Waals surface area contributed by atoms with Gasteiger partial charge in [-0.05, 0) is 11.6 Å². The van der Waals surface area contributed by atoms with Crippen LogP contribution in [0.1, 0.15) is 11.1 Å². The molecule has 1 unspecified atom stereocenters. The predicted octanol–water partition coefficient (Wildman–Crippen LogP) is 2.69. The van der Waals surface area contributed by atoms with Crippen LogP contribution >= 0.6 is 0 Å². The van der Waals surface area contributed by atoms with Crippen molar-refractivity contribution < 1.29 is 4.74 Å². The number of nitriles is 1. The van der Waals surface area contributed by atoms with E-state index in [9.17, 15) is 5.26 Å². The minimum Gasteiger partial charge on any atom is -0.470 e. The van der Waals surface area contributed by atoms with Gasteiger partial charge in [0.05, 0.1) is 5.57 Å². The summed E-state index contributed by atoms with van der Waals surface area (Å²) >= 11 is 0. The van der Waals surface area contributed by atoms with E-state index >= 15 is 0 Å². The highest BCUT2D eigenvalue weighted by atomic mass is 16.5. The molecular weight excluding hydrogens is 236 g/mol. The van der Waals surface area contributed by atoms with Gasteiger partial charge in [0.1, 0.15) is 11.8 Å². The van der Waals surface area contributed by atoms with Gasteiger partial charge < -0.3 is 4.74 Å². The predicted molar refractivity (Wildman–Crippen MR) is 73.1 cm³/mol. The lowest BCUT2D eigenvalue weighted by atomic mass is 9.90. The van der Waals surface area contributed by atoms with Crippen molar-refractivity contribution in [2.45, 2.75) is 6.23 Å². The summed E-state index contributed by atoms with van der Waals surface area (Å²) in [7, 11) is 0. The summed E-state index contributed by atoms with van der Waals surface area (Å²) in [5.74, 6) is 0.716. The molecule has 1 aliphatic heterocycles. The highest BCUT2D eigenvalue weighted by Gasteiger charge is 2.26. The van der Waals surface area contributed by atoms with Crippen molar-refractivity contribution in [1.29, 1.82) is 5.26 Å². The van der Waals surface area contributed by atoms with Crippen molar-refractivity contribution >= 4 is 5.57 Å². The van der Waals surface area contributed by atoms with Gasteiger partial charge >= 0.3 is 0 Å². The first kappa shape index (κ1) is 11.5. The zero-order valence-corrected chi connectivity index (χ0v) is 10.2. The Morgan fingerprint density at radius 3 is 2.42 bits per heavy atom. The molecule has 0 aliphatic carbocycles. The third-order valence-electron chi connectivity index (χ3n) is 3.15. The lowest BCUT2D eigenvalue weighted by Crippen LogP contribution is -2.32. The summed E-state index contributed by atoms with van der Waals surface area (Å²) in [5, 5.41) is 9.35. The molecule has 92 valence electrons. The van der Waals surface area contributed by atoms with Crippen LogP contribution in [0.3, 0.4) is 0 Å².